The first-order chi connectivity index (χ1) is 9.43. The standard InChI is InChI=1S/C16H22N2OS/c1-5-16(6-2)12-10(7-15(3,4)8-11(12)19)18-14-13(16)20-9-17-14/h9,18H,5-8H2,1-4H3. The fraction of sp³-hybridized carbons (Fsp3) is 0.625. The summed E-state index contributed by atoms with van der Waals surface area (Å²) in [6.45, 7) is 8.73. The van der Waals surface area contributed by atoms with Crippen molar-refractivity contribution < 1.29 is 4.79 Å². The molecular formula is C16H22N2OS. The Bertz CT molecular complexity index is 593. The third kappa shape index (κ3) is 1.77. The van der Waals surface area contributed by atoms with Gasteiger partial charge in [-0.2, -0.15) is 0 Å². The molecule has 0 saturated heterocycles. The molecule has 2 aliphatic rings. The highest BCUT2D eigenvalue weighted by Gasteiger charge is 2.48. The number of nitrogens with one attached hydrogen (secondary N) is 1. The molecule has 3 rings (SSSR count). The second-order valence-corrected chi connectivity index (χ2v) is 7.59. The fourth-order valence-corrected chi connectivity index (χ4v) is 4.93. The Labute approximate surface area is 124 Å². The van der Waals surface area contributed by atoms with Crippen molar-refractivity contribution in [1.29, 1.82) is 0 Å². The van der Waals surface area contributed by atoms with Gasteiger partial charge in [0.25, 0.3) is 0 Å². The van der Waals surface area contributed by atoms with Gasteiger partial charge in [0.05, 0.1) is 10.4 Å². The largest absolute Gasteiger partial charge is 0.342 e. The summed E-state index contributed by atoms with van der Waals surface area (Å²) < 4.78 is 0. The van der Waals surface area contributed by atoms with E-state index in [1.807, 2.05) is 5.51 Å². The molecule has 0 aromatic carbocycles. The van der Waals surface area contributed by atoms with Gasteiger partial charge in [0.2, 0.25) is 0 Å². The molecule has 0 unspecified atom stereocenters. The summed E-state index contributed by atoms with van der Waals surface area (Å²) in [7, 11) is 0. The Morgan fingerprint density at radius 2 is 2.00 bits per heavy atom. The molecule has 2 heterocycles. The number of allylic oxidation sites excluding steroid dienone is 2. The highest BCUT2D eigenvalue weighted by molar-refractivity contribution is 7.10. The van der Waals surface area contributed by atoms with Crippen LogP contribution in [0.25, 0.3) is 0 Å². The van der Waals surface area contributed by atoms with Gasteiger partial charge in [-0.05, 0) is 24.7 Å². The first-order valence-electron chi connectivity index (χ1n) is 7.41. The molecular weight excluding hydrogens is 268 g/mol. The van der Waals surface area contributed by atoms with Crippen LogP contribution < -0.4 is 5.32 Å². The van der Waals surface area contributed by atoms with Gasteiger partial charge in [0.1, 0.15) is 5.82 Å². The lowest BCUT2D eigenvalue weighted by atomic mass is 9.63. The van der Waals surface area contributed by atoms with Gasteiger partial charge < -0.3 is 5.32 Å². The van der Waals surface area contributed by atoms with Crippen molar-refractivity contribution in [2.45, 2.75) is 58.8 Å². The number of thiazole rings is 1. The normalized spacial score (nSPS) is 23.1. The number of aromatic nitrogens is 1. The number of carbonyl (C=O) groups is 1. The topological polar surface area (TPSA) is 42.0 Å². The number of Topliss-reactive ketones (excluding diaryl/α,β-unsaturated/α-hetero) is 1. The van der Waals surface area contributed by atoms with Gasteiger partial charge in [-0.3, -0.25) is 4.79 Å². The third-order valence-corrected chi connectivity index (χ3v) is 5.86. The van der Waals surface area contributed by atoms with E-state index < -0.39 is 0 Å². The molecule has 1 aliphatic heterocycles. The van der Waals surface area contributed by atoms with E-state index in [0.717, 1.165) is 36.4 Å². The molecule has 108 valence electrons. The molecule has 1 aliphatic carbocycles. The van der Waals surface area contributed by atoms with Crippen LogP contribution in [0.4, 0.5) is 5.82 Å². The minimum Gasteiger partial charge on any atom is -0.342 e. The average Bonchev–Trinajstić information content (AvgIpc) is 2.83. The molecule has 0 bridgehead atoms. The molecule has 1 N–H and O–H groups in total. The van der Waals surface area contributed by atoms with E-state index in [9.17, 15) is 4.79 Å². The molecule has 4 heteroatoms. The number of hydrogen-bond acceptors (Lipinski definition) is 4. The highest BCUT2D eigenvalue weighted by atomic mass is 32.1. The van der Waals surface area contributed by atoms with Crippen LogP contribution in [0, 0.1) is 5.41 Å². The Kier molecular flexibility index (Phi) is 3.05. The van der Waals surface area contributed by atoms with Crippen LogP contribution in [0.15, 0.2) is 16.8 Å². The second-order valence-electron chi connectivity index (χ2n) is 6.74. The fourth-order valence-electron chi connectivity index (χ4n) is 3.84. The summed E-state index contributed by atoms with van der Waals surface area (Å²) in [4.78, 5) is 18.5. The van der Waals surface area contributed by atoms with Crippen molar-refractivity contribution in [2.75, 3.05) is 5.32 Å². The van der Waals surface area contributed by atoms with Crippen LogP contribution in [0.2, 0.25) is 0 Å². The molecule has 1 aromatic rings. The van der Waals surface area contributed by atoms with E-state index >= 15 is 0 Å². The number of carbonyl (C=O) groups excluding carboxylic acids is 1. The van der Waals surface area contributed by atoms with Gasteiger partial charge in [0, 0.05) is 23.1 Å². The Morgan fingerprint density at radius 1 is 1.30 bits per heavy atom. The van der Waals surface area contributed by atoms with Crippen molar-refractivity contribution >= 4 is 22.9 Å². The number of rotatable bonds is 2. The molecule has 0 radical (unpaired) electrons. The van der Waals surface area contributed by atoms with Crippen LogP contribution in [0.1, 0.15) is 58.3 Å². The van der Waals surface area contributed by atoms with Crippen LogP contribution in [-0.4, -0.2) is 10.8 Å². The molecule has 1 aromatic heterocycles. The Hall–Kier alpha value is -1.16. The smallest absolute Gasteiger partial charge is 0.162 e. The predicted molar refractivity (Wildman–Crippen MR) is 83.0 cm³/mol. The van der Waals surface area contributed by atoms with E-state index in [1.54, 1.807) is 11.3 Å². The summed E-state index contributed by atoms with van der Waals surface area (Å²) in [5, 5.41) is 3.45. The SMILES string of the molecule is CCC1(CC)C2=C(CC(C)(C)CC2=O)Nc2ncsc21. The van der Waals surface area contributed by atoms with Gasteiger partial charge in [-0.25, -0.2) is 4.98 Å². The van der Waals surface area contributed by atoms with E-state index in [-0.39, 0.29) is 10.8 Å². The monoisotopic (exact) mass is 290 g/mol. The van der Waals surface area contributed by atoms with Crippen LogP contribution >= 0.6 is 11.3 Å². The van der Waals surface area contributed by atoms with Crippen LogP contribution in [0.5, 0.6) is 0 Å². The summed E-state index contributed by atoms with van der Waals surface area (Å²) in [5.41, 5.74) is 3.98. The van der Waals surface area contributed by atoms with E-state index in [2.05, 4.69) is 38.0 Å². The molecule has 0 spiro atoms. The highest BCUT2D eigenvalue weighted by Crippen LogP contribution is 2.53. The minimum atomic E-state index is -0.120. The lowest BCUT2D eigenvalue weighted by molar-refractivity contribution is -0.119. The van der Waals surface area contributed by atoms with Crippen molar-refractivity contribution in [3.05, 3.63) is 21.7 Å². The third-order valence-electron chi connectivity index (χ3n) is 4.83. The zero-order valence-corrected chi connectivity index (χ0v) is 13.5. The Morgan fingerprint density at radius 3 is 2.65 bits per heavy atom. The van der Waals surface area contributed by atoms with Gasteiger partial charge in [-0.1, -0.05) is 27.7 Å². The summed E-state index contributed by atoms with van der Waals surface area (Å²) >= 11 is 1.68. The van der Waals surface area contributed by atoms with E-state index in [4.69, 9.17) is 0 Å². The number of ketones is 1. The number of hydrogen-bond donors (Lipinski definition) is 1. The summed E-state index contributed by atoms with van der Waals surface area (Å²) in [5.74, 6) is 1.30. The molecule has 3 nitrogen and oxygen atoms in total. The van der Waals surface area contributed by atoms with Crippen LogP contribution in [0.3, 0.4) is 0 Å². The summed E-state index contributed by atoms with van der Waals surface area (Å²) in [6, 6.07) is 0. The second kappa shape index (κ2) is 4.42. The number of nitrogens with zero attached hydrogens (tertiary/aromatic N) is 1. The first-order valence-corrected chi connectivity index (χ1v) is 8.29. The number of fused-ring (bicyclic) bond motifs is 1. The minimum absolute atomic E-state index is 0.0453. The predicted octanol–water partition coefficient (Wildman–Crippen LogP) is 4.27. The molecule has 0 atom stereocenters. The van der Waals surface area contributed by atoms with Crippen molar-refractivity contribution in [3.8, 4) is 0 Å². The Balaban J connectivity index is 2.22. The lowest BCUT2D eigenvalue weighted by Crippen LogP contribution is -2.41. The van der Waals surface area contributed by atoms with Gasteiger partial charge >= 0.3 is 0 Å². The zero-order chi connectivity index (χ0) is 14.5. The number of anilines is 1. The van der Waals surface area contributed by atoms with Gasteiger partial charge in [0.15, 0.2) is 5.78 Å². The lowest BCUT2D eigenvalue weighted by Gasteiger charge is -2.44. The van der Waals surface area contributed by atoms with Crippen molar-refractivity contribution in [2.24, 2.45) is 5.41 Å². The summed E-state index contributed by atoms with van der Waals surface area (Å²) in [6.07, 6.45) is 3.52. The van der Waals surface area contributed by atoms with E-state index in [0.29, 0.717) is 12.2 Å². The molecule has 0 amide bonds. The molecule has 20 heavy (non-hydrogen) atoms. The average molecular weight is 290 g/mol. The molecule has 0 saturated carbocycles. The zero-order valence-electron chi connectivity index (χ0n) is 12.7. The van der Waals surface area contributed by atoms with Crippen LogP contribution in [-0.2, 0) is 10.2 Å². The maximum atomic E-state index is 12.8. The maximum Gasteiger partial charge on any atom is 0.162 e. The van der Waals surface area contributed by atoms with Crippen molar-refractivity contribution in [3.63, 3.8) is 0 Å². The molecule has 0 fully saturated rings. The van der Waals surface area contributed by atoms with E-state index in [1.165, 1.54) is 4.88 Å². The maximum absolute atomic E-state index is 12.8. The first kappa shape index (κ1) is 13.8. The van der Waals surface area contributed by atoms with Gasteiger partial charge in [-0.15, -0.1) is 11.3 Å². The van der Waals surface area contributed by atoms with Crippen molar-refractivity contribution in [1.82, 2.24) is 4.98 Å². The quantitative estimate of drug-likeness (QED) is 0.884.